The highest BCUT2D eigenvalue weighted by Gasteiger charge is 2.28. The van der Waals surface area contributed by atoms with Crippen LogP contribution in [-0.4, -0.2) is 36.2 Å². The van der Waals surface area contributed by atoms with Crippen LogP contribution in [0, 0.1) is 11.6 Å². The Morgan fingerprint density at radius 2 is 1.74 bits per heavy atom. The molecule has 1 heterocycles. The predicted octanol–water partition coefficient (Wildman–Crippen LogP) is 2.92. The Morgan fingerprint density at radius 3 is 2.37 bits per heavy atom. The normalized spacial score (nSPS) is 13.7. The van der Waals surface area contributed by atoms with Gasteiger partial charge >= 0.3 is 5.97 Å². The maximum absolute atomic E-state index is 13.8. The van der Waals surface area contributed by atoms with E-state index < -0.39 is 35.1 Å². The van der Waals surface area contributed by atoms with Gasteiger partial charge in [-0.25, -0.2) is 13.6 Å². The summed E-state index contributed by atoms with van der Waals surface area (Å²) in [5.41, 5.74) is -0.351. The van der Waals surface area contributed by atoms with E-state index >= 15 is 0 Å². The number of ether oxygens (including phenoxy) is 2. The Balaban J connectivity index is 1.86. The number of rotatable bonds is 5. The van der Waals surface area contributed by atoms with E-state index in [4.69, 9.17) is 9.47 Å². The van der Waals surface area contributed by atoms with Gasteiger partial charge < -0.3 is 19.9 Å². The van der Waals surface area contributed by atoms with Crippen molar-refractivity contribution in [1.82, 2.24) is 5.32 Å². The third-order valence-corrected chi connectivity index (χ3v) is 4.56. The smallest absolute Gasteiger partial charge is 0.326 e. The highest BCUT2D eigenvalue weighted by Crippen LogP contribution is 2.40. The molecule has 0 saturated heterocycles. The van der Waals surface area contributed by atoms with Gasteiger partial charge in [0.1, 0.15) is 36.5 Å². The van der Waals surface area contributed by atoms with Crippen molar-refractivity contribution in [2.75, 3.05) is 13.2 Å². The maximum Gasteiger partial charge on any atom is 0.326 e. The van der Waals surface area contributed by atoms with Crippen molar-refractivity contribution in [3.8, 4) is 11.5 Å². The predicted molar refractivity (Wildman–Crippen MR) is 94.1 cm³/mol. The summed E-state index contributed by atoms with van der Waals surface area (Å²) in [7, 11) is 0. The zero-order valence-corrected chi connectivity index (χ0v) is 15.4. The quantitative estimate of drug-likeness (QED) is 0.744. The summed E-state index contributed by atoms with van der Waals surface area (Å²) in [6.45, 7) is 0.641. The number of carbonyl (C=O) groups is 2. The van der Waals surface area contributed by atoms with E-state index in [9.17, 15) is 23.5 Å². The molecule has 2 aromatic rings. The molecule has 0 saturated carbocycles. The summed E-state index contributed by atoms with van der Waals surface area (Å²) in [6, 6.07) is 4.83. The van der Waals surface area contributed by atoms with Crippen molar-refractivity contribution in [1.29, 1.82) is 0 Å². The molecule has 2 N–H and O–H groups in total. The number of aliphatic carboxylic acids is 1. The molecular weight excluding hydrogens is 428 g/mol. The molecule has 3 rings (SSSR count). The lowest BCUT2D eigenvalue weighted by Crippen LogP contribution is -2.43. The van der Waals surface area contributed by atoms with Gasteiger partial charge in [0, 0.05) is 12.0 Å². The van der Waals surface area contributed by atoms with Gasteiger partial charge in [-0.2, -0.15) is 0 Å². The van der Waals surface area contributed by atoms with Crippen LogP contribution in [0.4, 0.5) is 8.78 Å². The van der Waals surface area contributed by atoms with Gasteiger partial charge in [0.25, 0.3) is 5.91 Å². The first-order valence-corrected chi connectivity index (χ1v) is 8.72. The number of hydrogen-bond donors (Lipinski definition) is 2. The second-order valence-corrected chi connectivity index (χ2v) is 6.58. The van der Waals surface area contributed by atoms with E-state index in [0.29, 0.717) is 34.7 Å². The Bertz CT molecular complexity index is 885. The highest BCUT2D eigenvalue weighted by molar-refractivity contribution is 9.10. The molecule has 0 bridgehead atoms. The second-order valence-electron chi connectivity index (χ2n) is 5.73. The first-order chi connectivity index (χ1) is 12.9. The number of halogens is 3. The van der Waals surface area contributed by atoms with Crippen molar-refractivity contribution in [2.45, 2.75) is 12.5 Å². The van der Waals surface area contributed by atoms with Crippen LogP contribution < -0.4 is 14.8 Å². The molecular formula is C18H14BrF2NO5. The summed E-state index contributed by atoms with van der Waals surface area (Å²) in [4.78, 5) is 23.8. The van der Waals surface area contributed by atoms with Crippen LogP contribution in [0.1, 0.15) is 15.9 Å². The Hall–Kier alpha value is -2.68. The van der Waals surface area contributed by atoms with E-state index in [2.05, 4.69) is 21.2 Å². The minimum atomic E-state index is -1.42. The van der Waals surface area contributed by atoms with Crippen molar-refractivity contribution in [2.24, 2.45) is 0 Å². The van der Waals surface area contributed by atoms with Crippen LogP contribution >= 0.6 is 15.9 Å². The number of nitrogens with one attached hydrogen (secondary N) is 1. The van der Waals surface area contributed by atoms with Crippen molar-refractivity contribution < 1.29 is 33.0 Å². The van der Waals surface area contributed by atoms with Gasteiger partial charge in [0.2, 0.25) is 0 Å². The molecule has 0 unspecified atom stereocenters. The lowest BCUT2D eigenvalue weighted by atomic mass is 10.0. The first kappa shape index (κ1) is 19.1. The minimum Gasteiger partial charge on any atom is -0.486 e. The zero-order valence-electron chi connectivity index (χ0n) is 13.8. The Kier molecular flexibility index (Phi) is 5.59. The molecule has 1 atom stereocenters. The highest BCUT2D eigenvalue weighted by atomic mass is 79.9. The summed E-state index contributed by atoms with van der Waals surface area (Å²) in [5.74, 6) is -3.85. The Morgan fingerprint density at radius 1 is 1.11 bits per heavy atom. The second kappa shape index (κ2) is 7.91. The molecule has 0 radical (unpaired) electrons. The standard InChI is InChI=1S/C18H14BrF2NO5/c19-10-5-4-9(15-16(10)27-7-6-26-15)8-13(18(24)25)22-17(23)14-11(20)2-1-3-12(14)21/h1-5,13H,6-8H2,(H,22,23)(H,24,25)/t13-/m0/s1. The molecule has 1 aliphatic rings. The molecule has 1 aliphatic heterocycles. The van der Waals surface area contributed by atoms with E-state index in [1.807, 2.05) is 0 Å². The van der Waals surface area contributed by atoms with Gasteiger partial charge in [-0.05, 0) is 34.1 Å². The third-order valence-electron chi connectivity index (χ3n) is 3.94. The average molecular weight is 442 g/mol. The lowest BCUT2D eigenvalue weighted by molar-refractivity contribution is -0.139. The number of fused-ring (bicyclic) bond motifs is 1. The molecule has 142 valence electrons. The molecule has 6 nitrogen and oxygen atoms in total. The maximum atomic E-state index is 13.8. The Labute approximate surface area is 161 Å². The van der Waals surface area contributed by atoms with E-state index in [1.54, 1.807) is 12.1 Å². The largest absolute Gasteiger partial charge is 0.486 e. The van der Waals surface area contributed by atoms with Crippen LogP contribution in [0.2, 0.25) is 0 Å². The van der Waals surface area contributed by atoms with Crippen LogP contribution in [-0.2, 0) is 11.2 Å². The van der Waals surface area contributed by atoms with Gasteiger partial charge in [0.05, 0.1) is 4.47 Å². The summed E-state index contributed by atoms with van der Waals surface area (Å²) >= 11 is 3.32. The molecule has 0 aromatic heterocycles. The number of benzene rings is 2. The SMILES string of the molecule is O=C(N[C@@H](Cc1ccc(Br)c2c1OCCO2)C(=O)O)c1c(F)cccc1F. The van der Waals surface area contributed by atoms with Gasteiger partial charge in [-0.1, -0.05) is 12.1 Å². The van der Waals surface area contributed by atoms with Crippen molar-refractivity contribution >= 4 is 27.8 Å². The summed E-state index contributed by atoms with van der Waals surface area (Å²) in [6.07, 6.45) is -0.157. The van der Waals surface area contributed by atoms with Gasteiger partial charge in [-0.3, -0.25) is 4.79 Å². The molecule has 1 amide bonds. The van der Waals surface area contributed by atoms with Crippen molar-refractivity contribution in [3.05, 3.63) is 57.6 Å². The van der Waals surface area contributed by atoms with E-state index in [1.165, 1.54) is 0 Å². The fourth-order valence-electron chi connectivity index (χ4n) is 2.69. The van der Waals surface area contributed by atoms with Crippen LogP contribution in [0.15, 0.2) is 34.8 Å². The topological polar surface area (TPSA) is 84.9 Å². The summed E-state index contributed by atoms with van der Waals surface area (Å²) < 4.78 is 39.2. The molecule has 0 aliphatic carbocycles. The van der Waals surface area contributed by atoms with E-state index in [0.717, 1.165) is 18.2 Å². The van der Waals surface area contributed by atoms with Crippen LogP contribution in [0.25, 0.3) is 0 Å². The zero-order chi connectivity index (χ0) is 19.6. The number of carboxylic acid groups (broad SMARTS) is 1. The van der Waals surface area contributed by atoms with Crippen LogP contribution in [0.5, 0.6) is 11.5 Å². The van der Waals surface area contributed by atoms with E-state index in [-0.39, 0.29) is 6.42 Å². The third kappa shape index (κ3) is 4.02. The monoisotopic (exact) mass is 441 g/mol. The average Bonchev–Trinajstić information content (AvgIpc) is 2.63. The fourth-order valence-corrected chi connectivity index (χ4v) is 3.11. The molecule has 2 aromatic carbocycles. The number of carboxylic acids is 1. The molecule has 0 spiro atoms. The first-order valence-electron chi connectivity index (χ1n) is 7.93. The molecule has 27 heavy (non-hydrogen) atoms. The van der Waals surface area contributed by atoms with Gasteiger partial charge in [0.15, 0.2) is 11.5 Å². The fraction of sp³-hybridized carbons (Fsp3) is 0.222. The van der Waals surface area contributed by atoms with Gasteiger partial charge in [-0.15, -0.1) is 0 Å². The number of hydrogen-bond acceptors (Lipinski definition) is 4. The van der Waals surface area contributed by atoms with Crippen molar-refractivity contribution in [3.63, 3.8) is 0 Å². The number of carbonyl (C=O) groups excluding carboxylic acids is 1. The van der Waals surface area contributed by atoms with Crippen LogP contribution in [0.3, 0.4) is 0 Å². The summed E-state index contributed by atoms with van der Waals surface area (Å²) in [5, 5.41) is 11.6. The lowest BCUT2D eigenvalue weighted by Gasteiger charge is -2.23. The molecule has 9 heteroatoms. The molecule has 0 fully saturated rings. The number of amides is 1. The minimum absolute atomic E-state index is 0.157.